The van der Waals surface area contributed by atoms with Gasteiger partial charge in [0, 0.05) is 30.9 Å². The van der Waals surface area contributed by atoms with Crippen LogP contribution in [0.5, 0.6) is 0 Å². The van der Waals surface area contributed by atoms with E-state index in [2.05, 4.69) is 27.3 Å². The smallest absolute Gasteiger partial charge is 0.350 e. The van der Waals surface area contributed by atoms with Crippen LogP contribution in [0.3, 0.4) is 0 Å². The Labute approximate surface area is 278 Å². The van der Waals surface area contributed by atoms with Crippen LogP contribution in [0.4, 0.5) is 13.2 Å². The van der Waals surface area contributed by atoms with Crippen LogP contribution < -0.4 is 5.32 Å². The van der Waals surface area contributed by atoms with Crippen LogP contribution in [-0.4, -0.2) is 34.7 Å². The first kappa shape index (κ1) is 32.8. The monoisotopic (exact) mass is 647 g/mol. The molecule has 0 spiro atoms. The minimum absolute atomic E-state index is 0.0302. The number of pyridine rings is 1. The minimum Gasteiger partial charge on any atom is -0.350 e. The molecule has 48 heavy (non-hydrogen) atoms. The summed E-state index contributed by atoms with van der Waals surface area (Å²) in [5.41, 5.74) is 4.92. The summed E-state index contributed by atoms with van der Waals surface area (Å²) in [5, 5.41) is 3.10. The first-order chi connectivity index (χ1) is 23.3. The van der Waals surface area contributed by atoms with Gasteiger partial charge in [-0.05, 0) is 83.4 Å². The van der Waals surface area contributed by atoms with Gasteiger partial charge in [0.1, 0.15) is 6.04 Å². The maximum atomic E-state index is 13.5. The van der Waals surface area contributed by atoms with E-state index in [0.29, 0.717) is 29.2 Å². The third kappa shape index (κ3) is 7.89. The Morgan fingerprint density at radius 3 is 2.15 bits per heavy atom. The molecule has 8 heteroatoms. The van der Waals surface area contributed by atoms with Crippen molar-refractivity contribution in [1.29, 1.82) is 0 Å². The SMILES string of the molecule is O=C(Cc1ccc(C2CCN(C(C(=O)NCc3cccnc3)c3ccccc3)CC2)cc1)c1ccccc1-c1ccc(C(F)(F)F)cc1. The van der Waals surface area contributed by atoms with E-state index in [1.807, 2.05) is 54.6 Å². The highest BCUT2D eigenvalue weighted by Crippen LogP contribution is 2.34. The first-order valence-corrected chi connectivity index (χ1v) is 16.1. The van der Waals surface area contributed by atoms with E-state index >= 15 is 0 Å². The summed E-state index contributed by atoms with van der Waals surface area (Å²) in [7, 11) is 0. The Morgan fingerprint density at radius 1 is 0.792 bits per heavy atom. The largest absolute Gasteiger partial charge is 0.416 e. The number of hydrogen-bond donors (Lipinski definition) is 1. The van der Waals surface area contributed by atoms with Gasteiger partial charge >= 0.3 is 6.18 Å². The standard InChI is InChI=1S/C40H36F3N3O2/c41-40(42,43)34-18-16-32(17-19-34)35-10-4-5-11-36(35)37(47)25-28-12-14-30(15-13-28)31-20-23-46(24-21-31)38(33-8-2-1-3-9-33)39(48)45-27-29-7-6-22-44-26-29/h1-19,22,26,31,38H,20-21,23-25,27H2,(H,45,48). The van der Waals surface area contributed by atoms with E-state index in [4.69, 9.17) is 0 Å². The number of alkyl halides is 3. The van der Waals surface area contributed by atoms with Gasteiger partial charge in [0.25, 0.3) is 0 Å². The number of likely N-dealkylation sites (tertiary alicyclic amines) is 1. The van der Waals surface area contributed by atoms with Crippen molar-refractivity contribution in [3.8, 4) is 11.1 Å². The molecule has 1 saturated heterocycles. The van der Waals surface area contributed by atoms with E-state index in [-0.39, 0.29) is 24.2 Å². The Morgan fingerprint density at radius 2 is 1.48 bits per heavy atom. The minimum atomic E-state index is -4.42. The number of halogens is 3. The molecule has 1 atom stereocenters. The second kappa shape index (κ2) is 14.8. The second-order valence-electron chi connectivity index (χ2n) is 12.2. The summed E-state index contributed by atoms with van der Waals surface area (Å²) in [4.78, 5) is 33.3. The predicted octanol–water partition coefficient (Wildman–Crippen LogP) is 8.43. The highest BCUT2D eigenvalue weighted by atomic mass is 19.4. The van der Waals surface area contributed by atoms with Crippen molar-refractivity contribution in [2.24, 2.45) is 0 Å². The van der Waals surface area contributed by atoms with Crippen LogP contribution in [0.1, 0.15) is 63.0 Å². The van der Waals surface area contributed by atoms with Crippen molar-refractivity contribution in [1.82, 2.24) is 15.2 Å². The number of nitrogens with one attached hydrogen (secondary N) is 1. The molecule has 0 aliphatic carbocycles. The van der Waals surface area contributed by atoms with Gasteiger partial charge in [-0.2, -0.15) is 13.2 Å². The van der Waals surface area contributed by atoms with Crippen LogP contribution >= 0.6 is 0 Å². The lowest BCUT2D eigenvalue weighted by molar-refractivity contribution is -0.137. The third-order valence-corrected chi connectivity index (χ3v) is 9.01. The number of amides is 1. The number of hydrogen-bond acceptors (Lipinski definition) is 4. The molecule has 1 N–H and O–H groups in total. The zero-order valence-electron chi connectivity index (χ0n) is 26.4. The molecule has 1 unspecified atom stereocenters. The number of benzene rings is 4. The van der Waals surface area contributed by atoms with Gasteiger partial charge in [0.15, 0.2) is 5.78 Å². The van der Waals surface area contributed by atoms with E-state index in [0.717, 1.165) is 54.8 Å². The number of carbonyl (C=O) groups is 2. The number of rotatable bonds is 10. The number of carbonyl (C=O) groups excluding carboxylic acids is 2. The van der Waals surface area contributed by atoms with Crippen molar-refractivity contribution in [2.75, 3.05) is 13.1 Å². The molecule has 5 nitrogen and oxygen atoms in total. The van der Waals surface area contributed by atoms with E-state index in [9.17, 15) is 22.8 Å². The fourth-order valence-electron chi connectivity index (χ4n) is 6.45. The maximum absolute atomic E-state index is 13.5. The van der Waals surface area contributed by atoms with Crippen molar-refractivity contribution >= 4 is 11.7 Å². The van der Waals surface area contributed by atoms with Gasteiger partial charge < -0.3 is 5.32 Å². The normalized spacial score (nSPS) is 14.7. The van der Waals surface area contributed by atoms with Crippen molar-refractivity contribution in [3.05, 3.63) is 161 Å². The highest BCUT2D eigenvalue weighted by Gasteiger charge is 2.32. The highest BCUT2D eigenvalue weighted by molar-refractivity contribution is 6.03. The lowest BCUT2D eigenvalue weighted by Crippen LogP contribution is -2.43. The number of Topliss-reactive ketones (excluding diaryl/α,β-unsaturated/α-hetero) is 1. The third-order valence-electron chi connectivity index (χ3n) is 9.01. The summed E-state index contributed by atoms with van der Waals surface area (Å²) in [6.07, 6.45) is 1.04. The van der Waals surface area contributed by atoms with Gasteiger partial charge in [-0.1, -0.05) is 97.1 Å². The van der Waals surface area contributed by atoms with Crippen LogP contribution in [-0.2, 0) is 23.9 Å². The average Bonchev–Trinajstić information content (AvgIpc) is 3.12. The van der Waals surface area contributed by atoms with E-state index in [1.54, 1.807) is 36.7 Å². The van der Waals surface area contributed by atoms with Gasteiger partial charge in [-0.15, -0.1) is 0 Å². The van der Waals surface area contributed by atoms with E-state index in [1.165, 1.54) is 17.7 Å². The molecule has 1 fully saturated rings. The molecular formula is C40H36F3N3O2. The summed E-state index contributed by atoms with van der Waals surface area (Å²) < 4.78 is 39.2. The van der Waals surface area contributed by atoms with Crippen LogP contribution in [0.2, 0.25) is 0 Å². The molecule has 2 heterocycles. The average molecular weight is 648 g/mol. The van der Waals surface area contributed by atoms with Gasteiger partial charge in [-0.3, -0.25) is 19.5 Å². The zero-order valence-corrected chi connectivity index (χ0v) is 26.4. The topological polar surface area (TPSA) is 62.3 Å². The summed E-state index contributed by atoms with van der Waals surface area (Å²) in [5.74, 6) is 0.207. The molecule has 1 aliphatic heterocycles. The number of piperidine rings is 1. The first-order valence-electron chi connectivity index (χ1n) is 16.1. The Kier molecular flexibility index (Phi) is 10.1. The van der Waals surface area contributed by atoms with Crippen LogP contribution in [0, 0.1) is 0 Å². The second-order valence-corrected chi connectivity index (χ2v) is 12.2. The fourth-order valence-corrected chi connectivity index (χ4v) is 6.45. The summed E-state index contributed by atoms with van der Waals surface area (Å²) >= 11 is 0. The molecule has 5 aromatic rings. The Bertz CT molecular complexity index is 1820. The lowest BCUT2D eigenvalue weighted by Gasteiger charge is -2.37. The molecule has 6 rings (SSSR count). The van der Waals surface area contributed by atoms with Gasteiger partial charge in [0.2, 0.25) is 5.91 Å². The number of nitrogens with zero attached hydrogens (tertiary/aromatic N) is 2. The molecule has 244 valence electrons. The Balaban J connectivity index is 1.08. The summed E-state index contributed by atoms with van der Waals surface area (Å²) in [6, 6.07) is 33.4. The molecule has 0 radical (unpaired) electrons. The fraction of sp³-hybridized carbons (Fsp3) is 0.225. The van der Waals surface area contributed by atoms with Crippen molar-refractivity contribution in [2.45, 2.75) is 43.9 Å². The van der Waals surface area contributed by atoms with Gasteiger partial charge in [-0.25, -0.2) is 0 Å². The molecule has 1 amide bonds. The lowest BCUT2D eigenvalue weighted by atomic mass is 9.87. The molecule has 0 saturated carbocycles. The summed E-state index contributed by atoms with van der Waals surface area (Å²) in [6.45, 7) is 1.96. The molecular weight excluding hydrogens is 611 g/mol. The predicted molar refractivity (Wildman–Crippen MR) is 180 cm³/mol. The Hall–Kier alpha value is -5.08. The quantitative estimate of drug-likeness (QED) is 0.155. The molecule has 4 aromatic carbocycles. The molecule has 1 aliphatic rings. The number of ketones is 1. The zero-order chi connectivity index (χ0) is 33.5. The molecule has 0 bridgehead atoms. The van der Waals surface area contributed by atoms with Crippen LogP contribution in [0.25, 0.3) is 11.1 Å². The van der Waals surface area contributed by atoms with Crippen molar-refractivity contribution in [3.63, 3.8) is 0 Å². The van der Waals surface area contributed by atoms with Crippen LogP contribution in [0.15, 0.2) is 128 Å². The maximum Gasteiger partial charge on any atom is 0.416 e. The molecule has 1 aromatic heterocycles. The number of aromatic nitrogens is 1. The van der Waals surface area contributed by atoms with E-state index < -0.39 is 11.7 Å². The van der Waals surface area contributed by atoms with Gasteiger partial charge in [0.05, 0.1) is 5.56 Å². The van der Waals surface area contributed by atoms with Crippen molar-refractivity contribution < 1.29 is 22.8 Å².